The third-order valence-corrected chi connectivity index (χ3v) is 4.54. The van der Waals surface area contributed by atoms with Crippen LogP contribution < -0.4 is 5.32 Å². The van der Waals surface area contributed by atoms with Crippen LogP contribution in [0.3, 0.4) is 0 Å². The number of hydrogen-bond acceptors (Lipinski definition) is 6. The molecule has 3 rings (SSSR count). The molecule has 6 nitrogen and oxygen atoms in total. The number of esters is 1. The van der Waals surface area contributed by atoms with Crippen molar-refractivity contribution >= 4 is 56.9 Å². The Bertz CT molecular complexity index is 936. The van der Waals surface area contributed by atoms with Crippen molar-refractivity contribution in [3.8, 4) is 0 Å². The van der Waals surface area contributed by atoms with Crippen LogP contribution in [0.1, 0.15) is 11.9 Å². The smallest absolute Gasteiger partial charge is 0.331 e. The molecule has 0 aliphatic carbocycles. The molecule has 0 radical (unpaired) electrons. The Morgan fingerprint density at radius 1 is 1.27 bits per heavy atom. The molecule has 0 unspecified atom stereocenters. The maximum absolute atomic E-state index is 12.0. The van der Waals surface area contributed by atoms with Crippen LogP contribution in [0.15, 0.2) is 48.7 Å². The average molecular weight is 388 g/mol. The predicted octanol–water partition coefficient (Wildman–Crippen LogP) is 3.93. The lowest BCUT2D eigenvalue weighted by Gasteiger charge is -2.11. The Morgan fingerprint density at radius 3 is 2.81 bits per heavy atom. The number of hydrogen-bond donors (Lipinski definition) is 1. The lowest BCUT2D eigenvalue weighted by molar-refractivity contribution is -0.148. The minimum Gasteiger partial charge on any atom is -0.449 e. The number of carbonyl (C=O) groups is 2. The summed E-state index contributed by atoms with van der Waals surface area (Å²) in [5.74, 6) is -0.787. The lowest BCUT2D eigenvalue weighted by Crippen LogP contribution is -2.29. The van der Waals surface area contributed by atoms with Crippen LogP contribution in [0, 0.1) is 0 Å². The van der Waals surface area contributed by atoms with Gasteiger partial charge in [0, 0.05) is 12.3 Å². The van der Waals surface area contributed by atoms with Crippen LogP contribution in [0.2, 0.25) is 5.02 Å². The molecule has 0 spiro atoms. The molecule has 0 aliphatic rings. The lowest BCUT2D eigenvalue weighted by atomic mass is 10.3. The number of rotatable bonds is 5. The Morgan fingerprint density at radius 2 is 2.08 bits per heavy atom. The van der Waals surface area contributed by atoms with E-state index in [9.17, 15) is 9.59 Å². The zero-order valence-corrected chi connectivity index (χ0v) is 15.3. The molecule has 1 atom stereocenters. The van der Waals surface area contributed by atoms with Crippen molar-refractivity contribution < 1.29 is 14.3 Å². The number of benzene rings is 1. The molecule has 1 N–H and O–H groups in total. The van der Waals surface area contributed by atoms with E-state index in [0.717, 1.165) is 10.2 Å². The Balaban J connectivity index is 1.56. The highest BCUT2D eigenvalue weighted by molar-refractivity contribution is 7.19. The van der Waals surface area contributed by atoms with E-state index in [-0.39, 0.29) is 0 Å². The van der Waals surface area contributed by atoms with Gasteiger partial charge in [-0.3, -0.25) is 4.79 Å². The van der Waals surface area contributed by atoms with Gasteiger partial charge in [0.05, 0.1) is 15.2 Å². The molecule has 0 bridgehead atoms. The Labute approximate surface area is 158 Å². The van der Waals surface area contributed by atoms with Gasteiger partial charge in [-0.1, -0.05) is 23.7 Å². The molecular weight excluding hydrogens is 374 g/mol. The highest BCUT2D eigenvalue weighted by atomic mass is 35.5. The average Bonchev–Trinajstić information content (AvgIpc) is 3.05. The molecule has 132 valence electrons. The van der Waals surface area contributed by atoms with Crippen molar-refractivity contribution in [3.05, 3.63) is 58.7 Å². The van der Waals surface area contributed by atoms with E-state index >= 15 is 0 Å². The molecule has 1 aromatic carbocycles. The SMILES string of the molecule is C[C@@H](OC(=O)/C=C/c1nc2ccccc2s1)C(=O)Nc1ccc(Cl)cn1. The second-order valence-electron chi connectivity index (χ2n) is 5.28. The molecule has 0 saturated heterocycles. The third kappa shape index (κ3) is 4.65. The number of aromatic nitrogens is 2. The Kier molecular flexibility index (Phi) is 5.60. The summed E-state index contributed by atoms with van der Waals surface area (Å²) in [5.41, 5.74) is 0.869. The number of pyridine rings is 1. The largest absolute Gasteiger partial charge is 0.449 e. The summed E-state index contributed by atoms with van der Waals surface area (Å²) in [4.78, 5) is 32.3. The van der Waals surface area contributed by atoms with Crippen LogP contribution in [-0.4, -0.2) is 27.9 Å². The molecule has 8 heteroatoms. The number of amides is 1. The molecule has 0 aliphatic heterocycles. The number of halogens is 1. The molecule has 2 heterocycles. The highest BCUT2D eigenvalue weighted by Crippen LogP contribution is 2.22. The normalized spacial score (nSPS) is 12.2. The van der Waals surface area contributed by atoms with Gasteiger partial charge < -0.3 is 10.1 Å². The molecular formula is C18H14ClN3O3S. The van der Waals surface area contributed by atoms with Crippen LogP contribution in [0.5, 0.6) is 0 Å². The number of nitrogens with zero attached hydrogens (tertiary/aromatic N) is 2. The van der Waals surface area contributed by atoms with Crippen molar-refractivity contribution in [3.63, 3.8) is 0 Å². The van der Waals surface area contributed by atoms with Crippen LogP contribution in [-0.2, 0) is 14.3 Å². The minimum absolute atomic E-state index is 0.326. The first-order valence-electron chi connectivity index (χ1n) is 7.68. The number of fused-ring (bicyclic) bond motifs is 1. The number of nitrogens with one attached hydrogen (secondary N) is 1. The zero-order chi connectivity index (χ0) is 18.5. The van der Waals surface area contributed by atoms with E-state index in [0.29, 0.717) is 15.8 Å². The van der Waals surface area contributed by atoms with Gasteiger partial charge in [-0.2, -0.15) is 0 Å². The fraction of sp³-hybridized carbons (Fsp3) is 0.111. The van der Waals surface area contributed by atoms with Gasteiger partial charge in [-0.15, -0.1) is 11.3 Å². The van der Waals surface area contributed by atoms with Gasteiger partial charge in [-0.05, 0) is 37.3 Å². The highest BCUT2D eigenvalue weighted by Gasteiger charge is 2.17. The van der Waals surface area contributed by atoms with E-state index in [2.05, 4.69) is 15.3 Å². The molecule has 1 amide bonds. The molecule has 2 aromatic heterocycles. The maximum atomic E-state index is 12.0. The molecule has 3 aromatic rings. The standard InChI is InChI=1S/C18H14ClN3O3S/c1-11(18(24)22-15-7-6-12(19)10-20-15)25-17(23)9-8-16-21-13-4-2-3-5-14(13)26-16/h2-11H,1H3,(H,20,22,24)/b9-8+/t11-/m1/s1. The van der Waals surface area contributed by atoms with Gasteiger partial charge in [0.1, 0.15) is 10.8 Å². The summed E-state index contributed by atoms with van der Waals surface area (Å²) in [6.45, 7) is 1.48. The second kappa shape index (κ2) is 8.07. The van der Waals surface area contributed by atoms with Gasteiger partial charge in [0.2, 0.25) is 0 Å². The molecule has 0 saturated carbocycles. The number of carbonyl (C=O) groups excluding carboxylic acids is 2. The van der Waals surface area contributed by atoms with E-state index in [4.69, 9.17) is 16.3 Å². The summed E-state index contributed by atoms with van der Waals surface area (Å²) in [7, 11) is 0. The maximum Gasteiger partial charge on any atom is 0.331 e. The monoisotopic (exact) mass is 387 g/mol. The summed E-state index contributed by atoms with van der Waals surface area (Å²) in [6.07, 6.45) is 3.26. The van der Waals surface area contributed by atoms with Gasteiger partial charge in [0.15, 0.2) is 6.10 Å². The van der Waals surface area contributed by atoms with Crippen molar-refractivity contribution in [2.75, 3.05) is 5.32 Å². The Hall–Kier alpha value is -2.77. The van der Waals surface area contributed by atoms with Gasteiger partial charge in [0.25, 0.3) is 5.91 Å². The number of para-hydroxylation sites is 1. The summed E-state index contributed by atoms with van der Waals surface area (Å²) < 4.78 is 6.12. The topological polar surface area (TPSA) is 81.2 Å². The first-order chi connectivity index (χ1) is 12.5. The third-order valence-electron chi connectivity index (χ3n) is 3.31. The number of anilines is 1. The number of ether oxygens (including phenoxy) is 1. The predicted molar refractivity (Wildman–Crippen MR) is 102 cm³/mol. The van der Waals surface area contributed by atoms with Gasteiger partial charge >= 0.3 is 5.97 Å². The molecule has 26 heavy (non-hydrogen) atoms. The van der Waals surface area contributed by atoms with Crippen LogP contribution in [0.25, 0.3) is 16.3 Å². The van der Waals surface area contributed by atoms with E-state index in [1.807, 2.05) is 24.3 Å². The fourth-order valence-electron chi connectivity index (χ4n) is 2.05. The fourth-order valence-corrected chi connectivity index (χ4v) is 3.03. The molecule has 0 fully saturated rings. The minimum atomic E-state index is -0.972. The summed E-state index contributed by atoms with van der Waals surface area (Å²) >= 11 is 7.20. The number of thiazole rings is 1. The van der Waals surface area contributed by atoms with Crippen molar-refractivity contribution in [2.45, 2.75) is 13.0 Å². The van der Waals surface area contributed by atoms with E-state index in [1.165, 1.54) is 30.5 Å². The van der Waals surface area contributed by atoms with E-state index < -0.39 is 18.0 Å². The quantitative estimate of drug-likeness (QED) is 0.530. The van der Waals surface area contributed by atoms with Crippen molar-refractivity contribution in [1.82, 2.24) is 9.97 Å². The van der Waals surface area contributed by atoms with Crippen LogP contribution >= 0.6 is 22.9 Å². The summed E-state index contributed by atoms with van der Waals surface area (Å²) in [6, 6.07) is 10.8. The summed E-state index contributed by atoms with van der Waals surface area (Å²) in [5, 5.41) is 3.69. The van der Waals surface area contributed by atoms with Crippen molar-refractivity contribution in [2.24, 2.45) is 0 Å². The zero-order valence-electron chi connectivity index (χ0n) is 13.7. The van der Waals surface area contributed by atoms with Crippen LogP contribution in [0.4, 0.5) is 5.82 Å². The first kappa shape index (κ1) is 18.0. The first-order valence-corrected chi connectivity index (χ1v) is 8.87. The van der Waals surface area contributed by atoms with Crippen molar-refractivity contribution in [1.29, 1.82) is 0 Å². The van der Waals surface area contributed by atoms with E-state index in [1.54, 1.807) is 18.2 Å². The van der Waals surface area contributed by atoms with Gasteiger partial charge in [-0.25, -0.2) is 14.8 Å². The second-order valence-corrected chi connectivity index (χ2v) is 6.78.